The van der Waals surface area contributed by atoms with Crippen LogP contribution in [0.1, 0.15) is 143 Å². The zero-order chi connectivity index (χ0) is 20.0. The van der Waals surface area contributed by atoms with Crippen molar-refractivity contribution in [1.29, 1.82) is 0 Å². The van der Waals surface area contributed by atoms with Crippen LogP contribution in [0.5, 0.6) is 0 Å². The van der Waals surface area contributed by atoms with Crippen LogP contribution in [0.3, 0.4) is 0 Å². The van der Waals surface area contributed by atoms with Gasteiger partial charge in [-0.05, 0) is 25.2 Å². The minimum atomic E-state index is 0.0212. The molecule has 0 N–H and O–H groups in total. The smallest absolute Gasteiger partial charge is 0.305 e. The highest BCUT2D eigenvalue weighted by Gasteiger charge is 2.09. The van der Waals surface area contributed by atoms with Crippen LogP contribution < -0.4 is 0 Å². The fourth-order valence-electron chi connectivity index (χ4n) is 3.83. The van der Waals surface area contributed by atoms with Crippen LogP contribution in [-0.4, -0.2) is 12.6 Å². The number of unbranched alkanes of at least 4 members (excludes halogenated alkanes) is 11. The maximum Gasteiger partial charge on any atom is 0.305 e. The third-order valence-electron chi connectivity index (χ3n) is 5.69. The topological polar surface area (TPSA) is 26.3 Å². The molecule has 0 saturated heterocycles. The van der Waals surface area contributed by atoms with Crippen molar-refractivity contribution in [2.24, 2.45) is 5.92 Å². The molecule has 0 radical (unpaired) electrons. The molecule has 0 aromatic carbocycles. The summed E-state index contributed by atoms with van der Waals surface area (Å²) in [6.07, 6.45) is 23.9. The summed E-state index contributed by atoms with van der Waals surface area (Å²) < 4.78 is 5.47. The van der Waals surface area contributed by atoms with Crippen LogP contribution in [0.15, 0.2) is 0 Å². The average molecular weight is 383 g/mol. The molecule has 0 fully saturated rings. The van der Waals surface area contributed by atoms with Gasteiger partial charge in [-0.2, -0.15) is 0 Å². The SMILES string of the molecule is CCCCCCCCC(=O)OCCCC(CCCCCC)CCCCCC. The number of rotatable bonds is 21. The summed E-state index contributed by atoms with van der Waals surface area (Å²) in [5, 5.41) is 0. The second kappa shape index (κ2) is 21.8. The van der Waals surface area contributed by atoms with Gasteiger partial charge in [-0.1, -0.05) is 117 Å². The highest BCUT2D eigenvalue weighted by Crippen LogP contribution is 2.23. The molecule has 0 saturated carbocycles. The summed E-state index contributed by atoms with van der Waals surface area (Å²) in [4.78, 5) is 11.8. The van der Waals surface area contributed by atoms with E-state index in [9.17, 15) is 4.79 Å². The molecular formula is C25H50O2. The zero-order valence-corrected chi connectivity index (χ0v) is 19.0. The lowest BCUT2D eigenvalue weighted by atomic mass is 9.91. The summed E-state index contributed by atoms with van der Waals surface area (Å²) >= 11 is 0. The van der Waals surface area contributed by atoms with Gasteiger partial charge in [0.2, 0.25) is 0 Å². The summed E-state index contributed by atoms with van der Waals surface area (Å²) in [7, 11) is 0. The Bertz CT molecular complexity index is 289. The highest BCUT2D eigenvalue weighted by atomic mass is 16.5. The zero-order valence-electron chi connectivity index (χ0n) is 19.0. The summed E-state index contributed by atoms with van der Waals surface area (Å²) in [6, 6.07) is 0. The molecular weight excluding hydrogens is 332 g/mol. The van der Waals surface area contributed by atoms with Gasteiger partial charge in [-0.3, -0.25) is 4.79 Å². The largest absolute Gasteiger partial charge is 0.466 e. The van der Waals surface area contributed by atoms with Crippen LogP contribution in [0, 0.1) is 5.92 Å². The molecule has 0 spiro atoms. The van der Waals surface area contributed by atoms with Gasteiger partial charge in [-0.25, -0.2) is 0 Å². The van der Waals surface area contributed by atoms with Gasteiger partial charge in [0.1, 0.15) is 0 Å². The molecule has 0 aliphatic rings. The predicted octanol–water partition coefficient (Wildman–Crippen LogP) is 8.62. The Morgan fingerprint density at radius 2 is 1.04 bits per heavy atom. The first-order valence-corrected chi connectivity index (χ1v) is 12.4. The van der Waals surface area contributed by atoms with E-state index in [0.29, 0.717) is 13.0 Å². The Labute approximate surface area is 171 Å². The van der Waals surface area contributed by atoms with Crippen LogP contribution >= 0.6 is 0 Å². The molecule has 27 heavy (non-hydrogen) atoms. The molecule has 0 amide bonds. The molecule has 0 aliphatic heterocycles. The van der Waals surface area contributed by atoms with E-state index in [4.69, 9.17) is 4.74 Å². The predicted molar refractivity (Wildman–Crippen MR) is 119 cm³/mol. The van der Waals surface area contributed by atoms with Crippen LogP contribution in [0.4, 0.5) is 0 Å². The van der Waals surface area contributed by atoms with Gasteiger partial charge in [0, 0.05) is 6.42 Å². The second-order valence-corrected chi connectivity index (χ2v) is 8.45. The van der Waals surface area contributed by atoms with Crippen LogP contribution in [0.25, 0.3) is 0 Å². The van der Waals surface area contributed by atoms with Crippen LogP contribution in [0.2, 0.25) is 0 Å². The van der Waals surface area contributed by atoms with E-state index >= 15 is 0 Å². The quantitative estimate of drug-likeness (QED) is 0.147. The van der Waals surface area contributed by atoms with Gasteiger partial charge >= 0.3 is 5.97 Å². The maximum atomic E-state index is 11.8. The molecule has 0 aromatic heterocycles. The lowest BCUT2D eigenvalue weighted by Gasteiger charge is -2.17. The van der Waals surface area contributed by atoms with Gasteiger partial charge in [-0.15, -0.1) is 0 Å². The summed E-state index contributed by atoms with van der Waals surface area (Å²) in [5.74, 6) is 0.865. The Kier molecular flexibility index (Phi) is 21.3. The van der Waals surface area contributed by atoms with E-state index in [1.165, 1.54) is 103 Å². The number of carbonyl (C=O) groups is 1. The summed E-state index contributed by atoms with van der Waals surface area (Å²) in [6.45, 7) is 7.43. The first-order chi connectivity index (χ1) is 13.2. The van der Waals surface area contributed by atoms with E-state index in [0.717, 1.165) is 18.8 Å². The first-order valence-electron chi connectivity index (χ1n) is 12.4. The molecule has 0 aliphatic carbocycles. The van der Waals surface area contributed by atoms with Gasteiger partial charge in [0.05, 0.1) is 6.61 Å². The average Bonchev–Trinajstić information content (AvgIpc) is 2.67. The van der Waals surface area contributed by atoms with Gasteiger partial charge < -0.3 is 4.74 Å². The standard InChI is InChI=1S/C25H50O2/c1-4-7-10-13-14-17-22-25(26)27-23-18-21-24(19-15-11-8-5-2)20-16-12-9-6-3/h24H,4-23H2,1-3H3. The monoisotopic (exact) mass is 382 g/mol. The molecule has 0 heterocycles. The Balaban J connectivity index is 3.76. The molecule has 0 unspecified atom stereocenters. The van der Waals surface area contributed by atoms with Crippen molar-refractivity contribution in [1.82, 2.24) is 0 Å². The number of carbonyl (C=O) groups excluding carboxylic acids is 1. The molecule has 162 valence electrons. The minimum absolute atomic E-state index is 0.0212. The summed E-state index contributed by atoms with van der Waals surface area (Å²) in [5.41, 5.74) is 0. The second-order valence-electron chi connectivity index (χ2n) is 8.45. The normalized spacial score (nSPS) is 11.3. The third-order valence-corrected chi connectivity index (χ3v) is 5.69. The van der Waals surface area contributed by atoms with Crippen molar-refractivity contribution in [3.63, 3.8) is 0 Å². The van der Waals surface area contributed by atoms with E-state index in [-0.39, 0.29) is 5.97 Å². The Morgan fingerprint density at radius 3 is 1.59 bits per heavy atom. The van der Waals surface area contributed by atoms with Crippen molar-refractivity contribution in [3.8, 4) is 0 Å². The van der Waals surface area contributed by atoms with Crippen LogP contribution in [-0.2, 0) is 9.53 Å². The lowest BCUT2D eigenvalue weighted by molar-refractivity contribution is -0.144. The first kappa shape index (κ1) is 26.5. The Morgan fingerprint density at radius 1 is 0.593 bits per heavy atom. The Hall–Kier alpha value is -0.530. The number of esters is 1. The van der Waals surface area contributed by atoms with E-state index in [1.807, 2.05) is 0 Å². The van der Waals surface area contributed by atoms with E-state index < -0.39 is 0 Å². The molecule has 0 bridgehead atoms. The molecule has 2 nitrogen and oxygen atoms in total. The molecule has 0 atom stereocenters. The minimum Gasteiger partial charge on any atom is -0.466 e. The number of hydrogen-bond acceptors (Lipinski definition) is 2. The van der Waals surface area contributed by atoms with Crippen molar-refractivity contribution in [3.05, 3.63) is 0 Å². The van der Waals surface area contributed by atoms with Crippen molar-refractivity contribution in [2.75, 3.05) is 6.61 Å². The van der Waals surface area contributed by atoms with Crippen molar-refractivity contribution < 1.29 is 9.53 Å². The van der Waals surface area contributed by atoms with E-state index in [2.05, 4.69) is 20.8 Å². The lowest BCUT2D eigenvalue weighted by Crippen LogP contribution is -2.08. The highest BCUT2D eigenvalue weighted by molar-refractivity contribution is 5.69. The van der Waals surface area contributed by atoms with Crippen molar-refractivity contribution in [2.45, 2.75) is 143 Å². The van der Waals surface area contributed by atoms with E-state index in [1.54, 1.807) is 0 Å². The molecule has 0 rings (SSSR count). The maximum absolute atomic E-state index is 11.8. The molecule has 2 heteroatoms. The number of hydrogen-bond donors (Lipinski definition) is 0. The van der Waals surface area contributed by atoms with Crippen molar-refractivity contribution >= 4 is 5.97 Å². The molecule has 0 aromatic rings. The van der Waals surface area contributed by atoms with Gasteiger partial charge in [0.15, 0.2) is 0 Å². The third kappa shape index (κ3) is 20.0. The number of ether oxygens (including phenoxy) is 1. The fraction of sp³-hybridized carbons (Fsp3) is 0.960. The fourth-order valence-corrected chi connectivity index (χ4v) is 3.83. The van der Waals surface area contributed by atoms with Gasteiger partial charge in [0.25, 0.3) is 0 Å².